The predicted molar refractivity (Wildman–Crippen MR) is 93.5 cm³/mol. The van der Waals surface area contributed by atoms with E-state index in [1.807, 2.05) is 6.92 Å². The molecule has 26 heavy (non-hydrogen) atoms. The van der Waals surface area contributed by atoms with Gasteiger partial charge in [-0.15, -0.1) is 0 Å². The first-order valence-corrected chi connectivity index (χ1v) is 8.64. The molecule has 2 amide bonds. The Bertz CT molecular complexity index is 810. The highest BCUT2D eigenvalue weighted by Crippen LogP contribution is 2.22. The van der Waals surface area contributed by atoms with Crippen LogP contribution in [0.1, 0.15) is 19.2 Å². The molecule has 2 N–H and O–H groups in total. The summed E-state index contributed by atoms with van der Waals surface area (Å²) in [6.45, 7) is 2.72. The maximum atomic E-state index is 12.3. The highest BCUT2D eigenvalue weighted by Gasteiger charge is 2.31. The second kappa shape index (κ2) is 7.74. The van der Waals surface area contributed by atoms with E-state index in [2.05, 4.69) is 15.5 Å². The van der Waals surface area contributed by atoms with E-state index < -0.39 is 11.9 Å². The first-order valence-electron chi connectivity index (χ1n) is 8.26. The molecule has 8 nitrogen and oxygen atoms in total. The summed E-state index contributed by atoms with van der Waals surface area (Å²) in [6.07, 6.45) is 0.575. The van der Waals surface area contributed by atoms with Crippen LogP contribution in [0, 0.1) is 11.8 Å². The van der Waals surface area contributed by atoms with E-state index in [4.69, 9.17) is 16.1 Å². The monoisotopic (exact) mass is 378 g/mol. The van der Waals surface area contributed by atoms with Crippen molar-refractivity contribution in [3.05, 3.63) is 35.2 Å². The number of hydrogen-bond donors (Lipinski definition) is 2. The summed E-state index contributed by atoms with van der Waals surface area (Å²) in [5.41, 5.74) is 0.716. The summed E-state index contributed by atoms with van der Waals surface area (Å²) in [5.74, 6) is -0.643. The van der Waals surface area contributed by atoms with Crippen molar-refractivity contribution in [2.75, 3.05) is 13.1 Å². The number of carbonyl (C=O) groups is 2. The molecular formula is C17H19ClN4O4. The molecule has 1 fully saturated rings. The van der Waals surface area contributed by atoms with E-state index in [1.165, 1.54) is 4.90 Å². The molecule has 2 unspecified atom stereocenters. The largest absolute Gasteiger partial charge is 0.481 e. The van der Waals surface area contributed by atoms with Gasteiger partial charge >= 0.3 is 12.0 Å². The second-order valence-corrected chi connectivity index (χ2v) is 6.90. The van der Waals surface area contributed by atoms with E-state index in [-0.39, 0.29) is 30.9 Å². The van der Waals surface area contributed by atoms with Gasteiger partial charge in [0.05, 0.1) is 12.5 Å². The fourth-order valence-electron chi connectivity index (χ4n) is 3.03. The number of benzene rings is 1. The number of halogens is 1. The van der Waals surface area contributed by atoms with E-state index in [0.717, 1.165) is 0 Å². The number of hydrogen-bond acceptors (Lipinski definition) is 5. The van der Waals surface area contributed by atoms with Crippen LogP contribution in [0.15, 0.2) is 28.8 Å². The Hall–Kier alpha value is -2.61. The molecule has 1 aliphatic rings. The van der Waals surface area contributed by atoms with E-state index >= 15 is 0 Å². The van der Waals surface area contributed by atoms with Crippen LogP contribution in [0.5, 0.6) is 0 Å². The number of rotatable bonds is 4. The lowest BCUT2D eigenvalue weighted by atomic mass is 9.91. The Balaban J connectivity index is 1.59. The zero-order valence-corrected chi connectivity index (χ0v) is 14.9. The van der Waals surface area contributed by atoms with Gasteiger partial charge in [-0.2, -0.15) is 4.98 Å². The topological polar surface area (TPSA) is 109 Å². The Morgan fingerprint density at radius 1 is 1.42 bits per heavy atom. The van der Waals surface area contributed by atoms with Crippen molar-refractivity contribution in [3.63, 3.8) is 0 Å². The molecule has 2 heterocycles. The highest BCUT2D eigenvalue weighted by molar-refractivity contribution is 6.30. The summed E-state index contributed by atoms with van der Waals surface area (Å²) < 4.78 is 5.15. The fraction of sp³-hybridized carbons (Fsp3) is 0.412. The van der Waals surface area contributed by atoms with Crippen LogP contribution < -0.4 is 5.32 Å². The fourth-order valence-corrected chi connectivity index (χ4v) is 3.22. The van der Waals surface area contributed by atoms with Gasteiger partial charge in [0.25, 0.3) is 0 Å². The maximum Gasteiger partial charge on any atom is 0.317 e. The van der Waals surface area contributed by atoms with Gasteiger partial charge in [-0.25, -0.2) is 4.79 Å². The van der Waals surface area contributed by atoms with Crippen molar-refractivity contribution < 1.29 is 19.2 Å². The number of carboxylic acid groups (broad SMARTS) is 1. The van der Waals surface area contributed by atoms with Crippen molar-refractivity contribution in [1.82, 2.24) is 20.4 Å². The van der Waals surface area contributed by atoms with E-state index in [0.29, 0.717) is 29.4 Å². The van der Waals surface area contributed by atoms with Crippen LogP contribution in [0.4, 0.5) is 4.79 Å². The molecule has 3 rings (SSSR count). The third-order valence-corrected chi connectivity index (χ3v) is 4.47. The minimum atomic E-state index is -0.877. The number of likely N-dealkylation sites (tertiary alicyclic amines) is 1. The minimum absolute atomic E-state index is 0.0645. The lowest BCUT2D eigenvalue weighted by Gasteiger charge is -2.34. The Kier molecular flexibility index (Phi) is 5.41. The first-order chi connectivity index (χ1) is 12.4. The molecule has 138 valence electrons. The molecule has 9 heteroatoms. The molecule has 1 saturated heterocycles. The second-order valence-electron chi connectivity index (χ2n) is 6.46. The molecule has 1 aromatic heterocycles. The number of carboxylic acids is 1. The van der Waals surface area contributed by atoms with Crippen LogP contribution in [-0.2, 0) is 11.3 Å². The number of piperidine rings is 1. The lowest BCUT2D eigenvalue weighted by Crippen LogP contribution is -2.49. The van der Waals surface area contributed by atoms with Gasteiger partial charge in [0.1, 0.15) is 0 Å². The first kappa shape index (κ1) is 18.2. The number of aliphatic carboxylic acids is 1. The average Bonchev–Trinajstić information content (AvgIpc) is 3.08. The van der Waals surface area contributed by atoms with Gasteiger partial charge in [-0.1, -0.05) is 35.8 Å². The predicted octanol–water partition coefficient (Wildman–Crippen LogP) is 2.64. The molecule has 0 saturated carbocycles. The molecule has 1 aromatic carbocycles. The van der Waals surface area contributed by atoms with Crippen LogP contribution in [0.2, 0.25) is 5.02 Å². The molecule has 2 aromatic rings. The minimum Gasteiger partial charge on any atom is -0.481 e. The zero-order chi connectivity index (χ0) is 18.7. The van der Waals surface area contributed by atoms with Gasteiger partial charge in [0.15, 0.2) is 0 Å². The smallest absolute Gasteiger partial charge is 0.317 e. The normalized spacial score (nSPS) is 20.0. The summed E-state index contributed by atoms with van der Waals surface area (Å²) in [4.78, 5) is 29.3. The lowest BCUT2D eigenvalue weighted by molar-refractivity contribution is -0.143. The molecule has 0 spiro atoms. The van der Waals surface area contributed by atoms with Crippen LogP contribution in [0.3, 0.4) is 0 Å². The number of urea groups is 1. The molecular weight excluding hydrogens is 360 g/mol. The highest BCUT2D eigenvalue weighted by atomic mass is 35.5. The maximum absolute atomic E-state index is 12.3. The van der Waals surface area contributed by atoms with Crippen molar-refractivity contribution in [3.8, 4) is 11.4 Å². The van der Waals surface area contributed by atoms with Crippen LogP contribution >= 0.6 is 11.6 Å². The van der Waals surface area contributed by atoms with Crippen LogP contribution in [0.25, 0.3) is 11.4 Å². The van der Waals surface area contributed by atoms with E-state index in [9.17, 15) is 14.7 Å². The Labute approximate surface area is 155 Å². The number of aromatic nitrogens is 2. The average molecular weight is 379 g/mol. The third kappa shape index (κ3) is 4.32. The summed E-state index contributed by atoms with van der Waals surface area (Å²) >= 11 is 5.95. The molecule has 0 bridgehead atoms. The summed E-state index contributed by atoms with van der Waals surface area (Å²) in [7, 11) is 0. The number of amides is 2. The standard InChI is InChI=1S/C17H19ClN4O4/c1-10-5-12(16(23)24)9-22(8-10)17(25)19-7-14-20-15(21-26-14)11-3-2-4-13(18)6-11/h2-4,6,10,12H,5,7-9H2,1H3,(H,19,25)(H,23,24). The van der Waals surface area contributed by atoms with Crippen molar-refractivity contribution >= 4 is 23.6 Å². The number of nitrogens with one attached hydrogen (secondary N) is 1. The Morgan fingerprint density at radius 3 is 2.96 bits per heavy atom. The quantitative estimate of drug-likeness (QED) is 0.846. The third-order valence-electron chi connectivity index (χ3n) is 4.24. The summed E-state index contributed by atoms with van der Waals surface area (Å²) in [6, 6.07) is 6.71. The van der Waals surface area contributed by atoms with Gasteiger partial charge in [-0.3, -0.25) is 4.79 Å². The summed E-state index contributed by atoms with van der Waals surface area (Å²) in [5, 5.41) is 16.3. The van der Waals surface area contributed by atoms with Crippen molar-refractivity contribution in [1.29, 1.82) is 0 Å². The molecule has 2 atom stereocenters. The number of nitrogens with zero attached hydrogens (tertiary/aromatic N) is 3. The molecule has 1 aliphatic heterocycles. The van der Waals surface area contributed by atoms with Crippen molar-refractivity contribution in [2.45, 2.75) is 19.9 Å². The van der Waals surface area contributed by atoms with Crippen molar-refractivity contribution in [2.24, 2.45) is 11.8 Å². The van der Waals surface area contributed by atoms with E-state index in [1.54, 1.807) is 24.3 Å². The number of carbonyl (C=O) groups excluding carboxylic acids is 1. The van der Waals surface area contributed by atoms with Gasteiger partial charge in [0, 0.05) is 23.7 Å². The SMILES string of the molecule is CC1CC(C(=O)O)CN(C(=O)NCc2nc(-c3cccc(Cl)c3)no2)C1. The van der Waals surface area contributed by atoms with Crippen LogP contribution in [-0.4, -0.2) is 45.2 Å². The zero-order valence-electron chi connectivity index (χ0n) is 14.2. The molecule has 0 radical (unpaired) electrons. The van der Waals surface area contributed by atoms with Gasteiger partial charge in [0.2, 0.25) is 11.7 Å². The van der Waals surface area contributed by atoms with Gasteiger partial charge in [-0.05, 0) is 24.5 Å². The molecule has 0 aliphatic carbocycles. The van der Waals surface area contributed by atoms with Gasteiger partial charge < -0.3 is 19.8 Å². The Morgan fingerprint density at radius 2 is 2.23 bits per heavy atom.